The van der Waals surface area contributed by atoms with E-state index < -0.39 is 10.5 Å². The SMILES string of the molecule is Cc1ccc(-n2c(=C(C#N)C#N)s/c(=C/c3ccccc3[N+](=O)[O-])c2=O)cc1C. The molecule has 8 heteroatoms. The normalized spacial score (nSPS) is 11.0. The Kier molecular flexibility index (Phi) is 5.40. The first-order valence-corrected chi connectivity index (χ1v) is 9.28. The van der Waals surface area contributed by atoms with Crippen molar-refractivity contribution in [1.82, 2.24) is 4.57 Å². The third-order valence-electron chi connectivity index (χ3n) is 4.43. The van der Waals surface area contributed by atoms with Crippen molar-refractivity contribution in [3.63, 3.8) is 0 Å². The fourth-order valence-electron chi connectivity index (χ4n) is 2.79. The number of nitro benzene ring substituents is 1. The molecule has 0 saturated heterocycles. The van der Waals surface area contributed by atoms with Gasteiger partial charge in [0, 0.05) is 6.07 Å². The van der Waals surface area contributed by atoms with E-state index in [2.05, 4.69) is 0 Å². The van der Waals surface area contributed by atoms with Crippen LogP contribution in [0.5, 0.6) is 0 Å². The fraction of sp³-hybridized carbons (Fsp3) is 0.0952. The number of aromatic nitrogens is 1. The summed E-state index contributed by atoms with van der Waals surface area (Å²) in [5.41, 5.74) is 1.99. The van der Waals surface area contributed by atoms with Crippen LogP contribution in [0.4, 0.5) is 5.69 Å². The smallest absolute Gasteiger partial charge is 0.267 e. The zero-order valence-electron chi connectivity index (χ0n) is 15.5. The van der Waals surface area contributed by atoms with Crippen LogP contribution in [0.2, 0.25) is 0 Å². The molecule has 0 aliphatic heterocycles. The van der Waals surface area contributed by atoms with Crippen LogP contribution in [0, 0.1) is 46.6 Å². The number of nitriles is 2. The van der Waals surface area contributed by atoms with Crippen molar-refractivity contribution in [2.24, 2.45) is 0 Å². The Hall–Kier alpha value is -4.01. The number of benzene rings is 2. The van der Waals surface area contributed by atoms with E-state index in [4.69, 9.17) is 0 Å². The molecule has 0 bridgehead atoms. The molecular formula is C21H14N4O3S. The van der Waals surface area contributed by atoms with E-state index in [1.807, 2.05) is 32.1 Å². The predicted molar refractivity (Wildman–Crippen MR) is 110 cm³/mol. The Morgan fingerprint density at radius 3 is 2.45 bits per heavy atom. The number of nitro groups is 1. The number of aryl methyl sites for hydroxylation is 2. The summed E-state index contributed by atoms with van der Waals surface area (Å²) >= 11 is 0.954. The summed E-state index contributed by atoms with van der Waals surface area (Å²) in [5.74, 6) is 0. The number of hydrogen-bond acceptors (Lipinski definition) is 6. The number of nitrogens with zero attached hydrogens (tertiary/aromatic N) is 4. The van der Waals surface area contributed by atoms with E-state index in [0.717, 1.165) is 22.5 Å². The lowest BCUT2D eigenvalue weighted by Crippen LogP contribution is -2.30. The lowest BCUT2D eigenvalue weighted by molar-refractivity contribution is -0.385. The zero-order valence-corrected chi connectivity index (χ0v) is 16.4. The van der Waals surface area contributed by atoms with Crippen LogP contribution in [0.25, 0.3) is 17.3 Å². The molecule has 1 aromatic heterocycles. The second-order valence-electron chi connectivity index (χ2n) is 6.24. The lowest BCUT2D eigenvalue weighted by Gasteiger charge is -2.06. The van der Waals surface area contributed by atoms with Crippen LogP contribution >= 0.6 is 11.3 Å². The molecule has 29 heavy (non-hydrogen) atoms. The summed E-state index contributed by atoms with van der Waals surface area (Å²) in [6, 6.07) is 15.1. The van der Waals surface area contributed by atoms with Gasteiger partial charge < -0.3 is 0 Å². The largest absolute Gasteiger partial charge is 0.276 e. The van der Waals surface area contributed by atoms with Gasteiger partial charge in [-0.05, 0) is 49.2 Å². The first kappa shape index (κ1) is 19.7. The average Bonchev–Trinajstić information content (AvgIpc) is 3.01. The van der Waals surface area contributed by atoms with Gasteiger partial charge in [0.05, 0.1) is 20.7 Å². The van der Waals surface area contributed by atoms with Crippen molar-refractivity contribution in [3.05, 3.63) is 88.8 Å². The molecule has 0 N–H and O–H groups in total. The van der Waals surface area contributed by atoms with Crippen LogP contribution in [0.3, 0.4) is 0 Å². The van der Waals surface area contributed by atoms with Gasteiger partial charge in [0.1, 0.15) is 16.8 Å². The minimum atomic E-state index is -0.523. The van der Waals surface area contributed by atoms with Gasteiger partial charge in [-0.1, -0.05) is 18.2 Å². The maximum atomic E-state index is 13.1. The van der Waals surface area contributed by atoms with Gasteiger partial charge in [0.15, 0.2) is 5.57 Å². The Morgan fingerprint density at radius 2 is 1.83 bits per heavy atom. The van der Waals surface area contributed by atoms with Gasteiger partial charge in [-0.15, -0.1) is 11.3 Å². The third-order valence-corrected chi connectivity index (χ3v) is 5.52. The highest BCUT2D eigenvalue weighted by atomic mass is 32.1. The van der Waals surface area contributed by atoms with Crippen LogP contribution in [0.1, 0.15) is 16.7 Å². The van der Waals surface area contributed by atoms with Crippen molar-refractivity contribution in [1.29, 1.82) is 10.5 Å². The zero-order chi connectivity index (χ0) is 21.1. The highest BCUT2D eigenvalue weighted by Crippen LogP contribution is 2.18. The predicted octanol–water partition coefficient (Wildman–Crippen LogP) is 2.45. The van der Waals surface area contributed by atoms with E-state index in [1.54, 1.807) is 24.3 Å². The van der Waals surface area contributed by atoms with Gasteiger partial charge in [-0.25, -0.2) is 0 Å². The summed E-state index contributed by atoms with van der Waals surface area (Å²) in [7, 11) is 0. The van der Waals surface area contributed by atoms with Gasteiger partial charge in [0.2, 0.25) is 0 Å². The number of rotatable bonds is 3. The van der Waals surface area contributed by atoms with Crippen molar-refractivity contribution in [2.75, 3.05) is 0 Å². The Balaban J connectivity index is 2.43. The Morgan fingerprint density at radius 1 is 1.14 bits per heavy atom. The molecule has 0 aliphatic rings. The number of thiazole rings is 1. The van der Waals surface area contributed by atoms with E-state index in [9.17, 15) is 25.4 Å². The van der Waals surface area contributed by atoms with Gasteiger partial charge in [-0.3, -0.25) is 19.5 Å². The quantitative estimate of drug-likeness (QED) is 0.493. The molecule has 2 aromatic carbocycles. The van der Waals surface area contributed by atoms with Gasteiger partial charge in [0.25, 0.3) is 11.2 Å². The van der Waals surface area contributed by atoms with E-state index in [1.165, 1.54) is 22.8 Å². The topological polar surface area (TPSA) is 113 Å². The molecule has 1 heterocycles. The molecule has 142 valence electrons. The van der Waals surface area contributed by atoms with Gasteiger partial charge in [-0.2, -0.15) is 10.5 Å². The van der Waals surface area contributed by atoms with Crippen LogP contribution in [-0.2, 0) is 0 Å². The third kappa shape index (κ3) is 3.70. The maximum absolute atomic E-state index is 13.1. The molecule has 0 aliphatic carbocycles. The second kappa shape index (κ2) is 7.93. The summed E-state index contributed by atoms with van der Waals surface area (Å²) in [6.07, 6.45) is 1.42. The molecule has 0 radical (unpaired) electrons. The fourth-order valence-corrected chi connectivity index (χ4v) is 3.83. The minimum Gasteiger partial charge on any atom is -0.267 e. The molecule has 3 aromatic rings. The highest BCUT2D eigenvalue weighted by molar-refractivity contribution is 7.07. The van der Waals surface area contributed by atoms with Gasteiger partial charge >= 0.3 is 0 Å². The van der Waals surface area contributed by atoms with Crippen LogP contribution < -0.4 is 14.8 Å². The maximum Gasteiger partial charge on any atom is 0.276 e. The molecule has 0 spiro atoms. The van der Waals surface area contributed by atoms with E-state index in [-0.39, 0.29) is 26.0 Å². The minimum absolute atomic E-state index is 0.135. The Labute approximate surface area is 169 Å². The molecule has 7 nitrogen and oxygen atoms in total. The number of para-hydroxylation sites is 1. The summed E-state index contributed by atoms with van der Waals surface area (Å²) < 4.78 is 1.68. The number of hydrogen-bond donors (Lipinski definition) is 0. The van der Waals surface area contributed by atoms with Crippen molar-refractivity contribution >= 4 is 28.7 Å². The molecule has 0 saturated carbocycles. The monoisotopic (exact) mass is 402 g/mol. The first-order chi connectivity index (χ1) is 13.9. The summed E-state index contributed by atoms with van der Waals surface area (Å²) in [5, 5.41) is 30.0. The molecule has 0 unspecified atom stereocenters. The standard InChI is InChI=1S/C21H14N4O3S/c1-13-7-8-17(9-14(13)2)24-20(26)19(29-21(24)16(11-22)12-23)10-15-5-3-4-6-18(15)25(27)28/h3-10H,1-2H3/b19-10+. The molecular weight excluding hydrogens is 388 g/mol. The van der Waals surface area contributed by atoms with Crippen LogP contribution in [0.15, 0.2) is 47.3 Å². The molecule has 3 rings (SSSR count). The molecule has 0 fully saturated rings. The van der Waals surface area contributed by atoms with Crippen LogP contribution in [-0.4, -0.2) is 9.49 Å². The first-order valence-electron chi connectivity index (χ1n) is 8.46. The Bertz CT molecular complexity index is 1390. The highest BCUT2D eigenvalue weighted by Gasteiger charge is 2.14. The van der Waals surface area contributed by atoms with E-state index in [0.29, 0.717) is 5.69 Å². The van der Waals surface area contributed by atoms with Crippen molar-refractivity contribution in [2.45, 2.75) is 13.8 Å². The summed E-state index contributed by atoms with van der Waals surface area (Å²) in [6.45, 7) is 3.84. The van der Waals surface area contributed by atoms with Crippen molar-refractivity contribution < 1.29 is 4.92 Å². The molecule has 0 atom stereocenters. The summed E-state index contributed by atoms with van der Waals surface area (Å²) in [4.78, 5) is 23.9. The van der Waals surface area contributed by atoms with E-state index >= 15 is 0 Å². The van der Waals surface area contributed by atoms with Crippen molar-refractivity contribution in [3.8, 4) is 17.8 Å². The second-order valence-corrected chi connectivity index (χ2v) is 7.27. The lowest BCUT2D eigenvalue weighted by atomic mass is 10.1. The average molecular weight is 402 g/mol. The molecule has 0 amide bonds.